The molecule has 0 radical (unpaired) electrons. The highest BCUT2D eigenvalue weighted by atomic mass is 16.5. The first-order chi connectivity index (χ1) is 20.8. The van der Waals surface area contributed by atoms with Crippen molar-refractivity contribution in [3.8, 4) is 11.4 Å². The number of hydrogen-bond acceptors (Lipinski definition) is 10. The lowest BCUT2D eigenvalue weighted by Gasteiger charge is -2.21. The standard InChI is InChI=1S/C31H35N7O6/c1-17(2)23(25(40)27-36-37-29(44-27)31(5,6)21-14-13-18(3)15-32-21)34-22(39)16-38-26(20-11-9-8-10-12-20)33-19(4)24(28(38)41)35-30(42)43-7/h8-15,17,23H,16H2,1-7H3,(H,34,39)(H,35,42)/t23-/m1/s1. The Balaban J connectivity index is 1.62. The maximum Gasteiger partial charge on any atom is 0.411 e. The molecular formula is C31H35N7O6. The fraction of sp³-hybridized carbons (Fsp3) is 0.355. The first-order valence-corrected chi connectivity index (χ1v) is 14.0. The number of nitrogens with zero attached hydrogens (tertiary/aromatic N) is 5. The largest absolute Gasteiger partial charge is 0.453 e. The number of aryl methyl sites for hydroxylation is 2. The minimum absolute atomic E-state index is 0.134. The van der Waals surface area contributed by atoms with Gasteiger partial charge in [0.15, 0.2) is 0 Å². The summed E-state index contributed by atoms with van der Waals surface area (Å²) in [6.07, 6.45) is 0.873. The highest BCUT2D eigenvalue weighted by Crippen LogP contribution is 2.29. The Hall–Kier alpha value is -5.20. The number of rotatable bonds is 10. The maximum atomic E-state index is 13.5. The molecule has 0 aliphatic rings. The third kappa shape index (κ3) is 6.72. The van der Waals surface area contributed by atoms with Gasteiger partial charge in [-0.3, -0.25) is 29.3 Å². The number of amides is 2. The normalized spacial score (nSPS) is 12.1. The minimum Gasteiger partial charge on any atom is -0.453 e. The number of carbonyl (C=O) groups is 3. The van der Waals surface area contributed by atoms with E-state index >= 15 is 0 Å². The van der Waals surface area contributed by atoms with E-state index in [9.17, 15) is 19.2 Å². The predicted molar refractivity (Wildman–Crippen MR) is 161 cm³/mol. The molecule has 0 aliphatic carbocycles. The second-order valence-corrected chi connectivity index (χ2v) is 11.2. The maximum absolute atomic E-state index is 13.5. The van der Waals surface area contributed by atoms with Crippen molar-refractivity contribution in [1.82, 2.24) is 30.0 Å². The minimum atomic E-state index is -1.04. The lowest BCUT2D eigenvalue weighted by molar-refractivity contribution is -0.122. The highest BCUT2D eigenvalue weighted by Gasteiger charge is 2.35. The third-order valence-electron chi connectivity index (χ3n) is 7.08. The van der Waals surface area contributed by atoms with Crippen LogP contribution < -0.4 is 16.2 Å². The zero-order chi connectivity index (χ0) is 32.2. The second-order valence-electron chi connectivity index (χ2n) is 11.2. The molecule has 3 heterocycles. The first kappa shape index (κ1) is 31.7. The van der Waals surface area contributed by atoms with E-state index in [0.29, 0.717) is 11.3 Å². The van der Waals surface area contributed by atoms with Crippen molar-refractivity contribution in [2.24, 2.45) is 5.92 Å². The Bertz CT molecular complexity index is 1730. The van der Waals surface area contributed by atoms with Gasteiger partial charge in [0, 0.05) is 11.8 Å². The molecule has 4 aromatic rings. The van der Waals surface area contributed by atoms with Crippen LogP contribution in [0.5, 0.6) is 0 Å². The topological polar surface area (TPSA) is 171 Å². The lowest BCUT2D eigenvalue weighted by Crippen LogP contribution is -2.47. The summed E-state index contributed by atoms with van der Waals surface area (Å²) in [6, 6.07) is 11.6. The molecule has 0 fully saturated rings. The van der Waals surface area contributed by atoms with Gasteiger partial charge in [-0.2, -0.15) is 0 Å². The molecule has 1 aromatic carbocycles. The average Bonchev–Trinajstić information content (AvgIpc) is 3.51. The van der Waals surface area contributed by atoms with Crippen LogP contribution >= 0.6 is 0 Å². The monoisotopic (exact) mass is 601 g/mol. The van der Waals surface area contributed by atoms with E-state index in [1.54, 1.807) is 57.3 Å². The van der Waals surface area contributed by atoms with Crippen molar-refractivity contribution in [2.45, 2.75) is 59.5 Å². The van der Waals surface area contributed by atoms with Crippen LogP contribution in [0.25, 0.3) is 11.4 Å². The fourth-order valence-electron chi connectivity index (χ4n) is 4.47. The Morgan fingerprint density at radius 2 is 1.75 bits per heavy atom. The van der Waals surface area contributed by atoms with Gasteiger partial charge < -0.3 is 14.5 Å². The molecular weight excluding hydrogens is 566 g/mol. The number of ketones is 1. The van der Waals surface area contributed by atoms with Crippen molar-refractivity contribution >= 4 is 23.5 Å². The number of benzene rings is 1. The SMILES string of the molecule is COC(=O)Nc1c(C)nc(-c2ccccc2)n(CC(=O)N[C@@H](C(=O)c2nnc(C(C)(C)c3ccc(C)cn3)o2)C(C)C)c1=O. The van der Waals surface area contributed by atoms with Crippen LogP contribution in [0.2, 0.25) is 0 Å². The molecule has 2 N–H and O–H groups in total. The van der Waals surface area contributed by atoms with Crippen LogP contribution in [0.3, 0.4) is 0 Å². The van der Waals surface area contributed by atoms with Gasteiger partial charge in [-0.25, -0.2) is 9.78 Å². The van der Waals surface area contributed by atoms with Gasteiger partial charge in [0.2, 0.25) is 17.6 Å². The number of hydrogen-bond donors (Lipinski definition) is 2. The molecule has 13 nitrogen and oxygen atoms in total. The van der Waals surface area contributed by atoms with Gasteiger partial charge >= 0.3 is 6.09 Å². The van der Waals surface area contributed by atoms with E-state index in [-0.39, 0.29) is 34.9 Å². The number of anilines is 1. The summed E-state index contributed by atoms with van der Waals surface area (Å²) in [4.78, 5) is 61.4. The number of pyridine rings is 1. The molecule has 0 spiro atoms. The summed E-state index contributed by atoms with van der Waals surface area (Å²) in [7, 11) is 1.16. The zero-order valence-corrected chi connectivity index (χ0v) is 25.7. The van der Waals surface area contributed by atoms with Crippen molar-refractivity contribution < 1.29 is 23.5 Å². The van der Waals surface area contributed by atoms with Gasteiger partial charge in [-0.05, 0) is 45.2 Å². The van der Waals surface area contributed by atoms with Crippen LogP contribution in [0.15, 0.2) is 57.9 Å². The van der Waals surface area contributed by atoms with Crippen molar-refractivity contribution in [1.29, 1.82) is 0 Å². The fourth-order valence-corrected chi connectivity index (χ4v) is 4.47. The molecule has 0 unspecified atom stereocenters. The molecule has 3 aromatic heterocycles. The highest BCUT2D eigenvalue weighted by molar-refractivity contribution is 5.98. The third-order valence-corrected chi connectivity index (χ3v) is 7.08. The molecule has 0 bridgehead atoms. The number of nitrogens with one attached hydrogen (secondary N) is 2. The molecule has 1 atom stereocenters. The zero-order valence-electron chi connectivity index (χ0n) is 25.7. The number of Topliss-reactive ketones (excluding diaryl/α,β-unsaturated/α-hetero) is 1. The Labute approximate surface area is 254 Å². The van der Waals surface area contributed by atoms with Gasteiger partial charge in [-0.15, -0.1) is 10.2 Å². The molecule has 0 saturated heterocycles. The Morgan fingerprint density at radius 3 is 2.36 bits per heavy atom. The first-order valence-electron chi connectivity index (χ1n) is 14.0. The molecule has 230 valence electrons. The lowest BCUT2D eigenvalue weighted by atomic mass is 9.88. The van der Waals surface area contributed by atoms with Crippen LogP contribution in [-0.2, 0) is 21.5 Å². The van der Waals surface area contributed by atoms with E-state index in [1.165, 1.54) is 0 Å². The van der Waals surface area contributed by atoms with Gasteiger partial charge in [0.25, 0.3) is 11.4 Å². The summed E-state index contributed by atoms with van der Waals surface area (Å²) in [6.45, 7) is 10.2. The van der Waals surface area contributed by atoms with Crippen molar-refractivity contribution in [3.05, 3.63) is 87.7 Å². The number of methoxy groups -OCH3 is 1. The molecule has 13 heteroatoms. The van der Waals surface area contributed by atoms with Crippen molar-refractivity contribution in [2.75, 3.05) is 12.4 Å². The number of carbonyl (C=O) groups excluding carboxylic acids is 3. The smallest absolute Gasteiger partial charge is 0.411 e. The quantitative estimate of drug-likeness (QED) is 0.255. The molecule has 2 amide bonds. The summed E-state index contributed by atoms with van der Waals surface area (Å²) < 4.78 is 11.6. The molecule has 44 heavy (non-hydrogen) atoms. The van der Waals surface area contributed by atoms with Crippen LogP contribution in [0.4, 0.5) is 10.5 Å². The number of aromatic nitrogens is 5. The van der Waals surface area contributed by atoms with Crippen LogP contribution in [0.1, 0.15) is 61.2 Å². The summed E-state index contributed by atoms with van der Waals surface area (Å²) in [5.74, 6) is -1.45. The number of ether oxygens (including phenoxy) is 1. The molecule has 4 rings (SSSR count). The van der Waals surface area contributed by atoms with E-state index in [4.69, 9.17) is 4.42 Å². The van der Waals surface area contributed by atoms with Gasteiger partial charge in [0.05, 0.1) is 30.0 Å². The molecule has 0 saturated carbocycles. The van der Waals surface area contributed by atoms with Crippen LogP contribution in [0, 0.1) is 19.8 Å². The van der Waals surface area contributed by atoms with Gasteiger partial charge in [0.1, 0.15) is 18.1 Å². The van der Waals surface area contributed by atoms with Crippen molar-refractivity contribution in [3.63, 3.8) is 0 Å². The van der Waals surface area contributed by atoms with Crippen LogP contribution in [-0.4, -0.2) is 55.7 Å². The summed E-state index contributed by atoms with van der Waals surface area (Å²) in [5, 5.41) is 13.2. The average molecular weight is 602 g/mol. The summed E-state index contributed by atoms with van der Waals surface area (Å²) >= 11 is 0. The van der Waals surface area contributed by atoms with E-state index in [0.717, 1.165) is 17.2 Å². The van der Waals surface area contributed by atoms with Gasteiger partial charge in [-0.1, -0.05) is 50.2 Å². The predicted octanol–water partition coefficient (Wildman–Crippen LogP) is 3.83. The van der Waals surface area contributed by atoms with E-state index < -0.39 is 41.3 Å². The Kier molecular flexibility index (Phi) is 9.36. The second kappa shape index (κ2) is 13.0. The van der Waals surface area contributed by atoms with E-state index in [1.807, 2.05) is 32.9 Å². The Morgan fingerprint density at radius 1 is 1.05 bits per heavy atom. The summed E-state index contributed by atoms with van der Waals surface area (Å²) in [5.41, 5.74) is 0.915. The van der Waals surface area contributed by atoms with E-state index in [2.05, 4.69) is 35.5 Å². The molecule has 0 aliphatic heterocycles.